The van der Waals surface area contributed by atoms with E-state index in [1.807, 2.05) is 36.5 Å². The summed E-state index contributed by atoms with van der Waals surface area (Å²) in [5.74, 6) is 3.26. The van der Waals surface area contributed by atoms with Crippen molar-refractivity contribution < 1.29 is 4.74 Å². The van der Waals surface area contributed by atoms with E-state index in [1.54, 1.807) is 0 Å². The molecule has 0 saturated carbocycles. The molecule has 0 amide bonds. The fraction of sp³-hybridized carbons (Fsp3) is 0.136. The molecule has 0 spiro atoms. The molecular formula is C22H19NO. The van der Waals surface area contributed by atoms with Crippen LogP contribution in [-0.2, 0) is 0 Å². The van der Waals surface area contributed by atoms with E-state index in [-0.39, 0.29) is 6.61 Å². The molecule has 3 aromatic carbocycles. The number of aryl methyl sites for hydroxylation is 2. The Balaban J connectivity index is 2.06. The highest BCUT2D eigenvalue weighted by Gasteiger charge is 2.07. The number of benzene rings is 3. The van der Waals surface area contributed by atoms with Crippen LogP contribution in [0.2, 0.25) is 0 Å². The Kier molecular flexibility index (Phi) is 4.63. The molecule has 0 heterocycles. The van der Waals surface area contributed by atoms with Gasteiger partial charge < -0.3 is 4.74 Å². The molecule has 3 aromatic rings. The van der Waals surface area contributed by atoms with Crippen LogP contribution in [0.25, 0.3) is 10.8 Å². The van der Waals surface area contributed by atoms with Crippen LogP contribution in [0.5, 0.6) is 5.75 Å². The minimum absolute atomic E-state index is 0.239. The van der Waals surface area contributed by atoms with Crippen LogP contribution in [0.3, 0.4) is 0 Å². The fourth-order valence-corrected chi connectivity index (χ4v) is 2.60. The second-order valence-electron chi connectivity index (χ2n) is 5.72. The lowest BCUT2D eigenvalue weighted by molar-refractivity contribution is 0.370. The molecule has 0 N–H and O–H groups in total. The molecule has 118 valence electrons. The van der Waals surface area contributed by atoms with E-state index in [2.05, 4.69) is 49.0 Å². The lowest BCUT2D eigenvalue weighted by Gasteiger charge is -2.10. The van der Waals surface area contributed by atoms with Crippen LogP contribution >= 0.6 is 0 Å². The van der Waals surface area contributed by atoms with Crippen molar-refractivity contribution >= 4 is 22.7 Å². The fourth-order valence-electron chi connectivity index (χ4n) is 2.60. The molecule has 0 fully saturated rings. The second kappa shape index (κ2) is 7.02. The average molecular weight is 313 g/mol. The zero-order valence-corrected chi connectivity index (χ0v) is 13.9. The Bertz CT molecular complexity index is 948. The lowest BCUT2D eigenvalue weighted by Crippen LogP contribution is -1.98. The summed E-state index contributed by atoms with van der Waals surface area (Å²) >= 11 is 0. The van der Waals surface area contributed by atoms with Crippen molar-refractivity contribution in [2.45, 2.75) is 13.8 Å². The molecule has 0 saturated heterocycles. The zero-order valence-electron chi connectivity index (χ0n) is 13.9. The Morgan fingerprint density at radius 2 is 1.88 bits per heavy atom. The lowest BCUT2D eigenvalue weighted by atomic mass is 10.0. The van der Waals surface area contributed by atoms with Crippen molar-refractivity contribution in [3.05, 3.63) is 71.3 Å². The van der Waals surface area contributed by atoms with E-state index >= 15 is 0 Å². The topological polar surface area (TPSA) is 21.6 Å². The van der Waals surface area contributed by atoms with Crippen LogP contribution in [-0.4, -0.2) is 12.8 Å². The highest BCUT2D eigenvalue weighted by molar-refractivity contribution is 6.03. The number of hydrogen-bond donors (Lipinski definition) is 0. The molecule has 2 nitrogen and oxygen atoms in total. The van der Waals surface area contributed by atoms with Gasteiger partial charge in [-0.2, -0.15) is 0 Å². The molecule has 0 aliphatic heterocycles. The molecular weight excluding hydrogens is 294 g/mol. The third kappa shape index (κ3) is 3.31. The molecule has 0 unspecified atom stereocenters. The van der Waals surface area contributed by atoms with E-state index in [9.17, 15) is 0 Å². The van der Waals surface area contributed by atoms with Gasteiger partial charge in [-0.05, 0) is 53.9 Å². The minimum Gasteiger partial charge on any atom is -0.480 e. The molecule has 0 bridgehead atoms. The van der Waals surface area contributed by atoms with Gasteiger partial charge in [-0.25, -0.2) is 0 Å². The highest BCUT2D eigenvalue weighted by atomic mass is 16.5. The number of nitrogens with zero attached hydrogens (tertiary/aromatic N) is 1. The summed E-state index contributed by atoms with van der Waals surface area (Å²) in [5.41, 5.74) is 4.36. The molecule has 0 atom stereocenters. The van der Waals surface area contributed by atoms with Gasteiger partial charge in [-0.1, -0.05) is 42.3 Å². The molecule has 0 aliphatic rings. The van der Waals surface area contributed by atoms with Crippen molar-refractivity contribution in [3.8, 4) is 18.1 Å². The second-order valence-corrected chi connectivity index (χ2v) is 5.72. The maximum atomic E-state index is 5.70. The van der Waals surface area contributed by atoms with Gasteiger partial charge in [0.25, 0.3) is 0 Å². The average Bonchev–Trinajstić information content (AvgIpc) is 2.61. The number of aliphatic imine (C=N–C) groups is 1. The number of ether oxygens (including phenoxy) is 1. The van der Waals surface area contributed by atoms with Crippen molar-refractivity contribution in [2.75, 3.05) is 6.61 Å². The normalized spacial score (nSPS) is 10.9. The molecule has 0 aromatic heterocycles. The Hall–Kier alpha value is -3.05. The molecule has 24 heavy (non-hydrogen) atoms. The van der Waals surface area contributed by atoms with Crippen molar-refractivity contribution in [1.29, 1.82) is 0 Å². The van der Waals surface area contributed by atoms with Crippen LogP contribution in [0.15, 0.2) is 59.6 Å². The van der Waals surface area contributed by atoms with Gasteiger partial charge in [0, 0.05) is 11.8 Å². The number of rotatable bonds is 4. The SMILES string of the molecule is C#CCOc1ccc2ccccc2c1C=Nc1ccc(C)c(C)c1. The minimum atomic E-state index is 0.239. The molecule has 0 aliphatic carbocycles. The maximum absolute atomic E-state index is 5.70. The summed E-state index contributed by atoms with van der Waals surface area (Å²) in [6, 6.07) is 18.4. The first-order chi connectivity index (χ1) is 11.7. The molecule has 3 rings (SSSR count). The summed E-state index contributed by atoms with van der Waals surface area (Å²) in [6.07, 6.45) is 7.19. The van der Waals surface area contributed by atoms with E-state index in [1.165, 1.54) is 11.1 Å². The predicted octanol–water partition coefficient (Wildman–Crippen LogP) is 5.22. The van der Waals surface area contributed by atoms with Gasteiger partial charge in [0.15, 0.2) is 0 Å². The monoisotopic (exact) mass is 313 g/mol. The largest absolute Gasteiger partial charge is 0.480 e. The Morgan fingerprint density at radius 1 is 1.04 bits per heavy atom. The van der Waals surface area contributed by atoms with E-state index in [0.29, 0.717) is 0 Å². The summed E-state index contributed by atoms with van der Waals surface area (Å²) < 4.78 is 5.70. The first-order valence-electron chi connectivity index (χ1n) is 7.88. The Labute approximate surface area is 142 Å². The summed E-state index contributed by atoms with van der Waals surface area (Å²) in [4.78, 5) is 4.64. The highest BCUT2D eigenvalue weighted by Crippen LogP contribution is 2.27. The van der Waals surface area contributed by atoms with Gasteiger partial charge in [-0.3, -0.25) is 4.99 Å². The zero-order chi connectivity index (χ0) is 16.9. The van der Waals surface area contributed by atoms with Crippen LogP contribution in [0.1, 0.15) is 16.7 Å². The quantitative estimate of drug-likeness (QED) is 0.478. The third-order valence-electron chi connectivity index (χ3n) is 4.07. The third-order valence-corrected chi connectivity index (χ3v) is 4.07. The molecule has 2 heteroatoms. The first-order valence-corrected chi connectivity index (χ1v) is 7.88. The van der Waals surface area contributed by atoms with Gasteiger partial charge in [-0.15, -0.1) is 6.42 Å². The van der Waals surface area contributed by atoms with Crippen LogP contribution in [0.4, 0.5) is 5.69 Å². The van der Waals surface area contributed by atoms with Gasteiger partial charge in [0.2, 0.25) is 0 Å². The number of terminal acetylenes is 1. The standard InChI is InChI=1S/C22H19NO/c1-4-13-24-22-12-10-18-7-5-6-8-20(18)21(22)15-23-19-11-9-16(2)17(3)14-19/h1,5-12,14-15H,13H2,2-3H3. The van der Waals surface area contributed by atoms with E-state index < -0.39 is 0 Å². The summed E-state index contributed by atoms with van der Waals surface area (Å²) in [6.45, 7) is 4.43. The number of hydrogen-bond acceptors (Lipinski definition) is 2. The van der Waals surface area contributed by atoms with Crippen molar-refractivity contribution in [3.63, 3.8) is 0 Å². The van der Waals surface area contributed by atoms with Crippen LogP contribution < -0.4 is 4.74 Å². The van der Waals surface area contributed by atoms with Crippen LogP contribution in [0, 0.1) is 26.2 Å². The molecule has 0 radical (unpaired) electrons. The van der Waals surface area contributed by atoms with Gasteiger partial charge in [0.1, 0.15) is 12.4 Å². The van der Waals surface area contributed by atoms with Crippen molar-refractivity contribution in [2.24, 2.45) is 4.99 Å². The van der Waals surface area contributed by atoms with E-state index in [0.717, 1.165) is 27.8 Å². The smallest absolute Gasteiger partial charge is 0.148 e. The number of fused-ring (bicyclic) bond motifs is 1. The summed E-state index contributed by atoms with van der Waals surface area (Å²) in [7, 11) is 0. The Morgan fingerprint density at radius 3 is 2.67 bits per heavy atom. The predicted molar refractivity (Wildman–Crippen MR) is 101 cm³/mol. The van der Waals surface area contributed by atoms with E-state index in [4.69, 9.17) is 11.2 Å². The maximum Gasteiger partial charge on any atom is 0.148 e. The van der Waals surface area contributed by atoms with Gasteiger partial charge >= 0.3 is 0 Å². The summed E-state index contributed by atoms with van der Waals surface area (Å²) in [5, 5.41) is 2.24. The first kappa shape index (κ1) is 15.8. The van der Waals surface area contributed by atoms with Gasteiger partial charge in [0.05, 0.1) is 5.69 Å². The van der Waals surface area contributed by atoms with Crippen molar-refractivity contribution in [1.82, 2.24) is 0 Å².